The Bertz CT molecular complexity index is 882. The molecule has 0 saturated carbocycles. The topological polar surface area (TPSA) is 76.7 Å². The summed E-state index contributed by atoms with van der Waals surface area (Å²) in [6.07, 6.45) is 5.58. The van der Waals surface area contributed by atoms with Crippen LogP contribution in [0.1, 0.15) is 34.4 Å². The molecule has 1 amide bonds. The molecular weight excluding hydrogens is 318 g/mol. The van der Waals surface area contributed by atoms with Crippen LogP contribution in [0.4, 0.5) is 5.00 Å². The Kier molecular flexibility index (Phi) is 4.74. The molecule has 0 atom stereocenters. The third-order valence-corrected chi connectivity index (χ3v) is 5.19. The molecule has 118 valence electrons. The van der Waals surface area contributed by atoms with Crippen LogP contribution in [0.25, 0.3) is 6.08 Å². The second-order valence-corrected chi connectivity index (χ2v) is 6.67. The van der Waals surface area contributed by atoms with Gasteiger partial charge in [0.1, 0.15) is 22.7 Å². The van der Waals surface area contributed by atoms with Crippen LogP contribution in [0.5, 0.6) is 0 Å². The average molecular weight is 333 g/mol. The van der Waals surface area contributed by atoms with Crippen molar-refractivity contribution in [2.45, 2.75) is 25.7 Å². The summed E-state index contributed by atoms with van der Waals surface area (Å²) >= 11 is 1.46. The zero-order valence-corrected chi connectivity index (χ0v) is 13.8. The van der Waals surface area contributed by atoms with E-state index in [1.165, 1.54) is 16.2 Å². The largest absolute Gasteiger partial charge is 0.312 e. The number of anilines is 1. The van der Waals surface area contributed by atoms with Crippen molar-refractivity contribution in [3.8, 4) is 12.1 Å². The number of nitrogens with one attached hydrogen (secondary N) is 1. The molecule has 0 bridgehead atoms. The average Bonchev–Trinajstić information content (AvgIpc) is 2.97. The highest BCUT2D eigenvalue weighted by atomic mass is 32.1. The van der Waals surface area contributed by atoms with Crippen molar-refractivity contribution in [2.24, 2.45) is 0 Å². The Morgan fingerprint density at radius 3 is 2.62 bits per heavy atom. The molecular formula is C19H15N3OS. The van der Waals surface area contributed by atoms with Crippen molar-refractivity contribution in [3.63, 3.8) is 0 Å². The van der Waals surface area contributed by atoms with E-state index >= 15 is 0 Å². The maximum absolute atomic E-state index is 12.4. The summed E-state index contributed by atoms with van der Waals surface area (Å²) in [7, 11) is 0. The van der Waals surface area contributed by atoms with E-state index in [1.54, 1.807) is 6.08 Å². The number of hydrogen-bond acceptors (Lipinski definition) is 4. The number of carbonyl (C=O) groups excluding carboxylic acids is 1. The second-order valence-electron chi connectivity index (χ2n) is 5.56. The summed E-state index contributed by atoms with van der Waals surface area (Å²) in [5, 5.41) is 22.0. The van der Waals surface area contributed by atoms with Crippen LogP contribution in [0.3, 0.4) is 0 Å². The number of rotatable bonds is 3. The number of nitrogens with zero attached hydrogens (tertiary/aromatic N) is 2. The molecule has 1 aliphatic carbocycles. The van der Waals surface area contributed by atoms with Gasteiger partial charge in [-0.1, -0.05) is 30.3 Å². The molecule has 1 heterocycles. The Morgan fingerprint density at radius 1 is 1.17 bits per heavy atom. The predicted octanol–water partition coefficient (Wildman–Crippen LogP) is 4.04. The zero-order chi connectivity index (χ0) is 16.9. The fraction of sp³-hybridized carbons (Fsp3) is 0.211. The third kappa shape index (κ3) is 3.22. The van der Waals surface area contributed by atoms with Gasteiger partial charge in [-0.2, -0.15) is 10.5 Å². The van der Waals surface area contributed by atoms with Gasteiger partial charge >= 0.3 is 0 Å². The van der Waals surface area contributed by atoms with Crippen LogP contribution in [0.15, 0.2) is 35.9 Å². The van der Waals surface area contributed by atoms with E-state index in [2.05, 4.69) is 11.4 Å². The number of amides is 1. The predicted molar refractivity (Wildman–Crippen MR) is 94.3 cm³/mol. The van der Waals surface area contributed by atoms with Crippen LogP contribution in [0.2, 0.25) is 0 Å². The molecule has 0 aliphatic heterocycles. The van der Waals surface area contributed by atoms with E-state index in [1.807, 2.05) is 36.4 Å². The quantitative estimate of drug-likeness (QED) is 0.680. The van der Waals surface area contributed by atoms with E-state index in [0.717, 1.165) is 36.8 Å². The third-order valence-electron chi connectivity index (χ3n) is 3.99. The van der Waals surface area contributed by atoms with Crippen LogP contribution < -0.4 is 5.32 Å². The van der Waals surface area contributed by atoms with E-state index in [4.69, 9.17) is 0 Å². The number of carbonyl (C=O) groups is 1. The van der Waals surface area contributed by atoms with Crippen LogP contribution in [0, 0.1) is 22.7 Å². The zero-order valence-electron chi connectivity index (χ0n) is 13.0. The van der Waals surface area contributed by atoms with Crippen molar-refractivity contribution in [1.29, 1.82) is 10.5 Å². The smallest absolute Gasteiger partial charge is 0.266 e. The first-order valence-corrected chi connectivity index (χ1v) is 8.57. The summed E-state index contributed by atoms with van der Waals surface area (Å²) in [5.74, 6) is -0.476. The van der Waals surface area contributed by atoms with Crippen LogP contribution in [-0.4, -0.2) is 5.91 Å². The van der Waals surface area contributed by atoms with Crippen molar-refractivity contribution in [2.75, 3.05) is 5.32 Å². The minimum Gasteiger partial charge on any atom is -0.312 e. The number of thiophene rings is 1. The molecule has 1 aromatic heterocycles. The minimum atomic E-state index is -0.476. The molecule has 0 unspecified atom stereocenters. The number of nitriles is 2. The standard InChI is InChI=1S/C19H15N3OS/c20-11-14(10-13-6-2-1-3-7-13)18(23)22-19-16(12-21)15-8-4-5-9-17(15)24-19/h1-3,6-7,10H,4-5,8-9H2,(H,22,23)/b14-10-. The van der Waals surface area contributed by atoms with Gasteiger partial charge in [-0.15, -0.1) is 11.3 Å². The molecule has 4 nitrogen and oxygen atoms in total. The van der Waals surface area contributed by atoms with Gasteiger partial charge in [0.05, 0.1) is 5.56 Å². The van der Waals surface area contributed by atoms with E-state index in [-0.39, 0.29) is 5.57 Å². The molecule has 2 aromatic rings. The van der Waals surface area contributed by atoms with Gasteiger partial charge in [-0.25, -0.2) is 0 Å². The molecule has 1 aromatic carbocycles. The Labute approximate surface area is 144 Å². The van der Waals surface area contributed by atoms with Crippen molar-refractivity contribution >= 4 is 28.3 Å². The summed E-state index contributed by atoms with van der Waals surface area (Å²) in [6, 6.07) is 13.4. The second kappa shape index (κ2) is 7.12. The molecule has 1 N–H and O–H groups in total. The summed E-state index contributed by atoms with van der Waals surface area (Å²) in [5.41, 5.74) is 2.43. The molecule has 0 spiro atoms. The monoisotopic (exact) mass is 333 g/mol. The molecule has 0 fully saturated rings. The molecule has 24 heavy (non-hydrogen) atoms. The van der Waals surface area contributed by atoms with Gasteiger partial charge < -0.3 is 5.32 Å². The summed E-state index contributed by atoms with van der Waals surface area (Å²) < 4.78 is 0. The Morgan fingerprint density at radius 2 is 1.92 bits per heavy atom. The number of benzene rings is 1. The van der Waals surface area contributed by atoms with Gasteiger partial charge in [0.15, 0.2) is 0 Å². The Balaban J connectivity index is 1.87. The normalized spacial score (nSPS) is 13.5. The van der Waals surface area contributed by atoms with E-state index < -0.39 is 5.91 Å². The van der Waals surface area contributed by atoms with Gasteiger partial charge in [0.2, 0.25) is 0 Å². The maximum atomic E-state index is 12.4. The lowest BCUT2D eigenvalue weighted by molar-refractivity contribution is -0.112. The first-order valence-electron chi connectivity index (χ1n) is 7.75. The first-order chi connectivity index (χ1) is 11.7. The van der Waals surface area contributed by atoms with Crippen LogP contribution >= 0.6 is 11.3 Å². The fourth-order valence-electron chi connectivity index (χ4n) is 2.81. The lowest BCUT2D eigenvalue weighted by Gasteiger charge is -2.09. The Hall–Kier alpha value is -2.89. The van der Waals surface area contributed by atoms with Crippen molar-refractivity contribution in [3.05, 3.63) is 57.5 Å². The molecule has 3 rings (SSSR count). The highest BCUT2D eigenvalue weighted by molar-refractivity contribution is 7.16. The minimum absolute atomic E-state index is 0.0245. The van der Waals surface area contributed by atoms with Crippen molar-refractivity contribution < 1.29 is 4.79 Å². The number of fused-ring (bicyclic) bond motifs is 1. The fourth-order valence-corrected chi connectivity index (χ4v) is 4.04. The lowest BCUT2D eigenvalue weighted by atomic mass is 9.96. The van der Waals surface area contributed by atoms with Crippen LogP contribution in [-0.2, 0) is 17.6 Å². The molecule has 1 aliphatic rings. The van der Waals surface area contributed by atoms with Crippen molar-refractivity contribution in [1.82, 2.24) is 0 Å². The molecule has 5 heteroatoms. The highest BCUT2D eigenvalue weighted by Gasteiger charge is 2.22. The number of aryl methyl sites for hydroxylation is 1. The van der Waals surface area contributed by atoms with E-state index in [9.17, 15) is 15.3 Å². The summed E-state index contributed by atoms with van der Waals surface area (Å²) in [4.78, 5) is 13.6. The van der Waals surface area contributed by atoms with Gasteiger partial charge in [0.25, 0.3) is 5.91 Å². The van der Waals surface area contributed by atoms with Gasteiger partial charge in [-0.05, 0) is 42.9 Å². The van der Waals surface area contributed by atoms with E-state index in [0.29, 0.717) is 10.6 Å². The maximum Gasteiger partial charge on any atom is 0.266 e. The highest BCUT2D eigenvalue weighted by Crippen LogP contribution is 2.37. The summed E-state index contributed by atoms with van der Waals surface area (Å²) in [6.45, 7) is 0. The molecule has 0 radical (unpaired) electrons. The molecule has 0 saturated heterocycles. The number of hydrogen-bond donors (Lipinski definition) is 1. The lowest BCUT2D eigenvalue weighted by Crippen LogP contribution is -2.13. The first kappa shape index (κ1) is 16.0. The van der Waals surface area contributed by atoms with Gasteiger partial charge in [-0.3, -0.25) is 4.79 Å². The SMILES string of the molecule is N#C/C(=C/c1ccccc1)C(=O)Nc1sc2c(c1C#N)CCCC2. The van der Waals surface area contributed by atoms with Gasteiger partial charge in [0, 0.05) is 4.88 Å².